The molecule has 4 rings (SSSR count). The predicted molar refractivity (Wildman–Crippen MR) is 87.8 cm³/mol. The van der Waals surface area contributed by atoms with Crippen molar-refractivity contribution in [1.29, 1.82) is 0 Å². The van der Waals surface area contributed by atoms with E-state index in [1.165, 1.54) is 0 Å². The Kier molecular flexibility index (Phi) is 3.37. The molecule has 4 aliphatic rings. The Bertz CT molecular complexity index is 555. The molecule has 0 spiro atoms. The molecule has 0 aromatic heterocycles. The van der Waals surface area contributed by atoms with Gasteiger partial charge in [-0.05, 0) is 61.7 Å². The number of carbonyl (C=O) groups excluding carboxylic acids is 2. The second-order valence-electron chi connectivity index (χ2n) is 9.42. The highest BCUT2D eigenvalue weighted by Gasteiger charge is 2.64. The van der Waals surface area contributed by atoms with E-state index in [1.54, 1.807) is 0 Å². The normalized spacial score (nSPS) is 52.7. The topological polar surface area (TPSA) is 54.4 Å². The van der Waals surface area contributed by atoms with Crippen molar-refractivity contribution in [2.75, 3.05) is 6.61 Å². The Balaban J connectivity index is 1.72. The molecule has 4 aliphatic carbocycles. The maximum absolute atomic E-state index is 12.4. The van der Waals surface area contributed by atoms with Crippen molar-refractivity contribution in [2.24, 2.45) is 34.0 Å². The lowest BCUT2D eigenvalue weighted by atomic mass is 9.40. The van der Waals surface area contributed by atoms with Gasteiger partial charge in [0.1, 0.15) is 11.6 Å². The van der Waals surface area contributed by atoms with E-state index in [0.29, 0.717) is 42.2 Å². The van der Waals surface area contributed by atoms with Crippen LogP contribution in [0.1, 0.15) is 71.6 Å². The molecule has 0 unspecified atom stereocenters. The Morgan fingerprint density at radius 1 is 1.00 bits per heavy atom. The number of rotatable bonds is 1. The number of ketones is 2. The number of hydrogen-bond donors (Lipinski definition) is 1. The lowest BCUT2D eigenvalue weighted by Gasteiger charge is -2.64. The first kappa shape index (κ1) is 15.8. The van der Waals surface area contributed by atoms with Crippen LogP contribution in [0.3, 0.4) is 0 Å². The van der Waals surface area contributed by atoms with Crippen LogP contribution in [-0.4, -0.2) is 23.3 Å². The number of hydrogen-bond acceptors (Lipinski definition) is 3. The molecular formula is C20H30O3. The number of aliphatic hydroxyl groups is 1. The Hall–Kier alpha value is -0.700. The van der Waals surface area contributed by atoms with Gasteiger partial charge in [0, 0.05) is 36.7 Å². The minimum atomic E-state index is -0.101. The summed E-state index contributed by atoms with van der Waals surface area (Å²) in [4.78, 5) is 24.5. The van der Waals surface area contributed by atoms with E-state index in [2.05, 4.69) is 13.8 Å². The maximum atomic E-state index is 12.4. The van der Waals surface area contributed by atoms with Crippen molar-refractivity contribution in [3.05, 3.63) is 0 Å². The van der Waals surface area contributed by atoms with Crippen molar-refractivity contribution in [3.63, 3.8) is 0 Å². The smallest absolute Gasteiger partial charge is 0.139 e. The standard InChI is InChI=1S/C20H30O3/c1-18-8-6-14-15-3-4-17(23)19(15,2)9-7-16(14)20(18,12-21)10-5-13(22)11-18/h14-16,21H,3-12H2,1-2H3/t14-,15-,16+,18-,19+,20+/m0/s1. The van der Waals surface area contributed by atoms with Gasteiger partial charge in [-0.15, -0.1) is 0 Å². The third-order valence-electron chi connectivity index (χ3n) is 8.81. The molecule has 0 aliphatic heterocycles. The van der Waals surface area contributed by atoms with Gasteiger partial charge in [-0.25, -0.2) is 0 Å². The quantitative estimate of drug-likeness (QED) is 0.804. The van der Waals surface area contributed by atoms with Gasteiger partial charge in [-0.3, -0.25) is 9.59 Å². The summed E-state index contributed by atoms with van der Waals surface area (Å²) in [7, 11) is 0. The van der Waals surface area contributed by atoms with Crippen LogP contribution in [0.4, 0.5) is 0 Å². The van der Waals surface area contributed by atoms with Crippen LogP contribution in [0.15, 0.2) is 0 Å². The summed E-state index contributed by atoms with van der Waals surface area (Å²) in [6.07, 6.45) is 8.19. The zero-order chi connectivity index (χ0) is 16.5. The fourth-order valence-corrected chi connectivity index (χ4v) is 7.35. The molecule has 3 nitrogen and oxygen atoms in total. The molecule has 0 heterocycles. The van der Waals surface area contributed by atoms with Crippen molar-refractivity contribution in [3.8, 4) is 0 Å². The van der Waals surface area contributed by atoms with Crippen LogP contribution < -0.4 is 0 Å². The second-order valence-corrected chi connectivity index (χ2v) is 9.42. The van der Waals surface area contributed by atoms with Gasteiger partial charge < -0.3 is 5.11 Å². The molecule has 4 saturated carbocycles. The van der Waals surface area contributed by atoms with Crippen LogP contribution in [-0.2, 0) is 9.59 Å². The second kappa shape index (κ2) is 4.91. The molecule has 0 bridgehead atoms. The van der Waals surface area contributed by atoms with Crippen LogP contribution >= 0.6 is 0 Å². The average Bonchev–Trinajstić information content (AvgIpc) is 2.82. The minimum absolute atomic E-state index is 0.0331. The highest BCUT2D eigenvalue weighted by Crippen LogP contribution is 2.68. The summed E-state index contributed by atoms with van der Waals surface area (Å²) in [5, 5.41) is 10.4. The summed E-state index contributed by atoms with van der Waals surface area (Å²) in [5.41, 5.74) is -0.221. The number of fused-ring (bicyclic) bond motifs is 5. The molecule has 6 atom stereocenters. The average molecular weight is 318 g/mol. The molecule has 0 radical (unpaired) electrons. The van der Waals surface area contributed by atoms with Crippen molar-refractivity contribution >= 4 is 11.6 Å². The molecule has 3 heteroatoms. The molecule has 4 fully saturated rings. The van der Waals surface area contributed by atoms with E-state index in [-0.39, 0.29) is 22.9 Å². The Morgan fingerprint density at radius 2 is 1.78 bits per heavy atom. The first-order valence-electron chi connectivity index (χ1n) is 9.52. The molecule has 23 heavy (non-hydrogen) atoms. The first-order chi connectivity index (χ1) is 10.9. The summed E-state index contributed by atoms with van der Waals surface area (Å²) >= 11 is 0. The van der Waals surface area contributed by atoms with Crippen LogP contribution in [0.2, 0.25) is 0 Å². The summed E-state index contributed by atoms with van der Waals surface area (Å²) in [6.45, 7) is 4.67. The zero-order valence-corrected chi connectivity index (χ0v) is 14.6. The van der Waals surface area contributed by atoms with E-state index < -0.39 is 0 Å². The summed E-state index contributed by atoms with van der Waals surface area (Å²) < 4.78 is 0. The molecule has 128 valence electrons. The number of aliphatic hydroxyl groups excluding tert-OH is 1. The maximum Gasteiger partial charge on any atom is 0.139 e. The third-order valence-corrected chi connectivity index (χ3v) is 8.81. The Labute approximate surface area is 139 Å². The summed E-state index contributed by atoms with van der Waals surface area (Å²) in [5.74, 6) is 2.45. The zero-order valence-electron chi connectivity index (χ0n) is 14.6. The number of carbonyl (C=O) groups is 2. The first-order valence-corrected chi connectivity index (χ1v) is 9.52. The highest BCUT2D eigenvalue weighted by molar-refractivity contribution is 5.87. The van der Waals surface area contributed by atoms with E-state index in [0.717, 1.165) is 44.9 Å². The number of Topliss-reactive ketones (excluding diaryl/α,β-unsaturated/α-hetero) is 2. The molecule has 1 N–H and O–H groups in total. The molecule has 0 amide bonds. The van der Waals surface area contributed by atoms with Gasteiger partial charge in [-0.2, -0.15) is 0 Å². The van der Waals surface area contributed by atoms with E-state index >= 15 is 0 Å². The third kappa shape index (κ3) is 1.86. The van der Waals surface area contributed by atoms with Crippen LogP contribution in [0.5, 0.6) is 0 Å². The fourth-order valence-electron chi connectivity index (χ4n) is 7.35. The van der Waals surface area contributed by atoms with Crippen LogP contribution in [0.25, 0.3) is 0 Å². The SMILES string of the molecule is C[C@@]12CC[C@@H]3[C@@H](CC[C@@]4(C)C(=O)CC[C@@H]34)[C@]1(CO)CCC(=O)C2. The van der Waals surface area contributed by atoms with Gasteiger partial charge in [0.2, 0.25) is 0 Å². The van der Waals surface area contributed by atoms with Crippen molar-refractivity contribution in [2.45, 2.75) is 71.6 Å². The molecular weight excluding hydrogens is 288 g/mol. The minimum Gasteiger partial charge on any atom is -0.396 e. The molecule has 0 aromatic carbocycles. The van der Waals surface area contributed by atoms with Gasteiger partial charge in [0.05, 0.1) is 0 Å². The monoisotopic (exact) mass is 318 g/mol. The van der Waals surface area contributed by atoms with E-state index in [4.69, 9.17) is 0 Å². The van der Waals surface area contributed by atoms with Gasteiger partial charge in [0.15, 0.2) is 0 Å². The van der Waals surface area contributed by atoms with Gasteiger partial charge in [0.25, 0.3) is 0 Å². The molecule has 0 saturated heterocycles. The van der Waals surface area contributed by atoms with Crippen molar-refractivity contribution < 1.29 is 14.7 Å². The lowest BCUT2D eigenvalue weighted by molar-refractivity contribution is -0.181. The fraction of sp³-hybridized carbons (Fsp3) is 0.900. The lowest BCUT2D eigenvalue weighted by Crippen LogP contribution is -2.60. The van der Waals surface area contributed by atoms with Gasteiger partial charge >= 0.3 is 0 Å². The largest absolute Gasteiger partial charge is 0.396 e. The predicted octanol–water partition coefficient (Wildman–Crippen LogP) is 3.53. The van der Waals surface area contributed by atoms with Crippen LogP contribution in [0, 0.1) is 34.0 Å². The Morgan fingerprint density at radius 3 is 2.52 bits per heavy atom. The van der Waals surface area contributed by atoms with E-state index in [9.17, 15) is 14.7 Å². The van der Waals surface area contributed by atoms with Crippen molar-refractivity contribution in [1.82, 2.24) is 0 Å². The van der Waals surface area contributed by atoms with E-state index in [1.807, 2.05) is 0 Å². The molecule has 0 aromatic rings. The summed E-state index contributed by atoms with van der Waals surface area (Å²) in [6, 6.07) is 0. The van der Waals surface area contributed by atoms with Gasteiger partial charge in [-0.1, -0.05) is 13.8 Å². The highest BCUT2D eigenvalue weighted by atomic mass is 16.3.